The molecule has 6 heteroatoms. The predicted octanol–water partition coefficient (Wildman–Crippen LogP) is 4.17. The average Bonchev–Trinajstić information content (AvgIpc) is 2.09. The van der Waals surface area contributed by atoms with E-state index in [1.165, 1.54) is 6.07 Å². The molecule has 1 heterocycles. The number of rotatable bonds is 2. The molecule has 1 nitrogen and oxygen atoms in total. The van der Waals surface area contributed by atoms with Gasteiger partial charge in [0.05, 0.1) is 21.1 Å². The highest BCUT2D eigenvalue weighted by atomic mass is 79.9. The SMILES string of the molecule is FC(F)c1nc(CCl)cc(Cl)c1Br. The fraction of sp³-hybridized carbons (Fsp3) is 0.286. The normalized spacial score (nSPS) is 10.9. The summed E-state index contributed by atoms with van der Waals surface area (Å²) >= 11 is 14.0. The molecule has 0 amide bonds. The summed E-state index contributed by atoms with van der Waals surface area (Å²) in [6.07, 6.45) is -2.66. The van der Waals surface area contributed by atoms with Gasteiger partial charge >= 0.3 is 0 Å². The fourth-order valence-corrected chi connectivity index (χ4v) is 1.52. The van der Waals surface area contributed by atoms with E-state index in [0.717, 1.165) is 0 Å². The van der Waals surface area contributed by atoms with Crippen molar-refractivity contribution in [2.24, 2.45) is 0 Å². The van der Waals surface area contributed by atoms with Gasteiger partial charge in [-0.25, -0.2) is 13.8 Å². The van der Waals surface area contributed by atoms with Crippen molar-refractivity contribution in [3.05, 3.63) is 26.9 Å². The summed E-state index contributed by atoms with van der Waals surface area (Å²) in [7, 11) is 0. The maximum absolute atomic E-state index is 12.3. The van der Waals surface area contributed by atoms with Gasteiger partial charge in [-0.2, -0.15) is 0 Å². The van der Waals surface area contributed by atoms with E-state index in [4.69, 9.17) is 23.2 Å². The van der Waals surface area contributed by atoms with E-state index < -0.39 is 6.43 Å². The minimum absolute atomic E-state index is 0.0622. The number of nitrogens with zero attached hydrogens (tertiary/aromatic N) is 1. The molecule has 0 saturated carbocycles. The van der Waals surface area contributed by atoms with Crippen molar-refractivity contribution in [1.82, 2.24) is 4.98 Å². The highest BCUT2D eigenvalue weighted by Crippen LogP contribution is 2.32. The van der Waals surface area contributed by atoms with Crippen LogP contribution in [0.1, 0.15) is 17.8 Å². The first-order valence-electron chi connectivity index (χ1n) is 3.25. The molecule has 0 fully saturated rings. The number of alkyl halides is 3. The van der Waals surface area contributed by atoms with Crippen molar-refractivity contribution in [2.75, 3.05) is 0 Å². The van der Waals surface area contributed by atoms with E-state index in [-0.39, 0.29) is 21.1 Å². The number of hydrogen-bond acceptors (Lipinski definition) is 1. The third kappa shape index (κ3) is 2.51. The van der Waals surface area contributed by atoms with Crippen LogP contribution in [0.15, 0.2) is 10.5 Å². The molecule has 0 aliphatic rings. The summed E-state index contributed by atoms with van der Waals surface area (Å²) in [6, 6.07) is 1.45. The van der Waals surface area contributed by atoms with Crippen LogP contribution >= 0.6 is 39.1 Å². The van der Waals surface area contributed by atoms with Gasteiger partial charge in [0.1, 0.15) is 5.69 Å². The third-order valence-electron chi connectivity index (χ3n) is 1.34. The number of aromatic nitrogens is 1. The van der Waals surface area contributed by atoms with Gasteiger partial charge in [-0.3, -0.25) is 0 Å². The largest absolute Gasteiger partial charge is 0.281 e. The molecule has 1 aromatic heterocycles. The number of halogens is 5. The quantitative estimate of drug-likeness (QED) is 0.745. The summed E-state index contributed by atoms with van der Waals surface area (Å²) in [4.78, 5) is 3.64. The first kappa shape index (κ1) is 11.1. The Morgan fingerprint density at radius 1 is 1.54 bits per heavy atom. The smallest absolute Gasteiger partial charge is 0.249 e. The molecule has 0 saturated heterocycles. The summed E-state index contributed by atoms with van der Waals surface area (Å²) in [5, 5.41) is 0.195. The molecule has 0 radical (unpaired) electrons. The lowest BCUT2D eigenvalue weighted by atomic mass is 10.3. The van der Waals surface area contributed by atoms with Crippen molar-refractivity contribution in [2.45, 2.75) is 12.3 Å². The second-order valence-electron chi connectivity index (χ2n) is 2.23. The van der Waals surface area contributed by atoms with Crippen LogP contribution in [-0.2, 0) is 5.88 Å². The zero-order valence-corrected chi connectivity index (χ0v) is 9.30. The van der Waals surface area contributed by atoms with Crippen molar-refractivity contribution >= 4 is 39.1 Å². The van der Waals surface area contributed by atoms with E-state index in [2.05, 4.69) is 20.9 Å². The van der Waals surface area contributed by atoms with Crippen LogP contribution in [0, 0.1) is 0 Å². The highest BCUT2D eigenvalue weighted by molar-refractivity contribution is 9.10. The van der Waals surface area contributed by atoms with E-state index in [1.807, 2.05) is 0 Å². The first-order chi connectivity index (χ1) is 6.06. The van der Waals surface area contributed by atoms with Gasteiger partial charge in [0.25, 0.3) is 6.43 Å². The van der Waals surface area contributed by atoms with Crippen molar-refractivity contribution < 1.29 is 8.78 Å². The van der Waals surface area contributed by atoms with Gasteiger partial charge in [0.2, 0.25) is 0 Å². The van der Waals surface area contributed by atoms with Crippen LogP contribution in [0.5, 0.6) is 0 Å². The zero-order valence-electron chi connectivity index (χ0n) is 6.20. The van der Waals surface area contributed by atoms with Crippen LogP contribution in [-0.4, -0.2) is 4.98 Å². The summed E-state index contributed by atoms with van der Waals surface area (Å²) in [5.74, 6) is 0.0622. The minimum Gasteiger partial charge on any atom is -0.249 e. The van der Waals surface area contributed by atoms with Gasteiger partial charge in [-0.15, -0.1) is 11.6 Å². The lowest BCUT2D eigenvalue weighted by molar-refractivity contribution is 0.145. The Hall–Kier alpha value is 0.0700. The van der Waals surface area contributed by atoms with E-state index >= 15 is 0 Å². The zero-order chi connectivity index (χ0) is 10.0. The molecule has 0 atom stereocenters. The van der Waals surface area contributed by atoms with Crippen LogP contribution in [0.2, 0.25) is 5.02 Å². The molecule has 0 unspecified atom stereocenters. The van der Waals surface area contributed by atoms with E-state index in [0.29, 0.717) is 5.69 Å². The van der Waals surface area contributed by atoms with E-state index in [9.17, 15) is 8.78 Å². The van der Waals surface area contributed by atoms with Crippen LogP contribution in [0.4, 0.5) is 8.78 Å². The Balaban J connectivity index is 3.25. The minimum atomic E-state index is -2.66. The fourth-order valence-electron chi connectivity index (χ4n) is 0.781. The average molecular weight is 291 g/mol. The molecular weight excluding hydrogens is 287 g/mol. The molecular formula is C7H4BrCl2F2N. The van der Waals surface area contributed by atoms with Gasteiger partial charge in [-0.05, 0) is 22.0 Å². The summed E-state index contributed by atoms with van der Waals surface area (Å²) < 4.78 is 24.8. The Morgan fingerprint density at radius 2 is 2.15 bits per heavy atom. The standard InChI is InChI=1S/C7H4BrCl2F2N/c8-5-4(10)1-3(2-9)13-6(5)7(11)12/h1,7H,2H2. The molecule has 0 bridgehead atoms. The maximum atomic E-state index is 12.3. The van der Waals surface area contributed by atoms with Crippen molar-refractivity contribution in [3.8, 4) is 0 Å². The lowest BCUT2D eigenvalue weighted by Crippen LogP contribution is -1.96. The molecule has 1 rings (SSSR count). The Bertz CT molecular complexity index is 320. The van der Waals surface area contributed by atoms with Gasteiger partial charge in [0.15, 0.2) is 0 Å². The second kappa shape index (κ2) is 4.53. The topological polar surface area (TPSA) is 12.9 Å². The maximum Gasteiger partial charge on any atom is 0.281 e. The molecule has 0 aromatic carbocycles. The van der Waals surface area contributed by atoms with Crippen LogP contribution in [0.25, 0.3) is 0 Å². The molecule has 0 aliphatic heterocycles. The third-order valence-corrected chi connectivity index (χ3v) is 2.97. The van der Waals surface area contributed by atoms with Crippen molar-refractivity contribution in [3.63, 3.8) is 0 Å². The Labute approximate surface area is 92.2 Å². The number of pyridine rings is 1. The Kier molecular flexibility index (Phi) is 3.88. The number of hydrogen-bond donors (Lipinski definition) is 0. The summed E-state index contributed by atoms with van der Waals surface area (Å²) in [5.41, 5.74) is -0.0340. The van der Waals surface area contributed by atoms with E-state index in [1.54, 1.807) is 0 Å². The second-order valence-corrected chi connectivity index (χ2v) is 3.70. The molecule has 0 N–H and O–H groups in total. The first-order valence-corrected chi connectivity index (χ1v) is 4.95. The van der Waals surface area contributed by atoms with Crippen LogP contribution < -0.4 is 0 Å². The van der Waals surface area contributed by atoms with Crippen molar-refractivity contribution in [1.29, 1.82) is 0 Å². The summed E-state index contributed by atoms with van der Waals surface area (Å²) in [6.45, 7) is 0. The lowest BCUT2D eigenvalue weighted by Gasteiger charge is -2.05. The Morgan fingerprint density at radius 3 is 2.62 bits per heavy atom. The molecule has 0 aliphatic carbocycles. The monoisotopic (exact) mass is 289 g/mol. The van der Waals surface area contributed by atoms with Gasteiger partial charge in [-0.1, -0.05) is 11.6 Å². The highest BCUT2D eigenvalue weighted by Gasteiger charge is 2.17. The van der Waals surface area contributed by atoms with Gasteiger partial charge in [0, 0.05) is 0 Å². The molecule has 13 heavy (non-hydrogen) atoms. The predicted molar refractivity (Wildman–Crippen MR) is 51.5 cm³/mol. The van der Waals surface area contributed by atoms with Crippen LogP contribution in [0.3, 0.4) is 0 Å². The molecule has 72 valence electrons. The molecule has 0 spiro atoms. The van der Waals surface area contributed by atoms with Gasteiger partial charge < -0.3 is 0 Å². The molecule has 1 aromatic rings.